The van der Waals surface area contributed by atoms with E-state index in [2.05, 4.69) is 10.8 Å². The Bertz CT molecular complexity index is 120. The number of ether oxygens (including phenoxy) is 2. The van der Waals surface area contributed by atoms with Crippen molar-refractivity contribution in [2.24, 2.45) is 0 Å². The molecule has 0 aromatic carbocycles. The van der Waals surface area contributed by atoms with E-state index >= 15 is 0 Å². The van der Waals surface area contributed by atoms with Crippen molar-refractivity contribution in [2.75, 3.05) is 40.0 Å². The maximum absolute atomic E-state index is 5.18. The van der Waals surface area contributed by atoms with E-state index in [0.29, 0.717) is 6.61 Å². The van der Waals surface area contributed by atoms with Gasteiger partial charge in [0.1, 0.15) is 19.8 Å². The number of rotatable bonds is 2. The second-order valence-corrected chi connectivity index (χ2v) is 2.29. The molecule has 1 heterocycles. The Labute approximate surface area is 77.8 Å². The molecule has 1 aliphatic rings. The molecule has 1 fully saturated rings. The van der Waals surface area contributed by atoms with Gasteiger partial charge in [-0.3, -0.25) is 0 Å². The van der Waals surface area contributed by atoms with Crippen molar-refractivity contribution in [2.45, 2.75) is 0 Å². The van der Waals surface area contributed by atoms with Gasteiger partial charge in [-0.15, -0.1) is 0 Å². The number of methoxy groups -OCH3 is 1. The highest BCUT2D eigenvalue weighted by Crippen LogP contribution is 1.86. The van der Waals surface area contributed by atoms with Crippen LogP contribution in [0.2, 0.25) is 0 Å². The largest absolute Gasteiger partial charge is 1.00 e. The van der Waals surface area contributed by atoms with Gasteiger partial charge in [0.2, 0.25) is 0 Å². The predicted molar refractivity (Wildman–Crippen MR) is 38.8 cm³/mol. The molecule has 0 saturated carbocycles. The lowest BCUT2D eigenvalue weighted by Crippen LogP contribution is -3.00. The molecular weight excluding hydrogens is 210 g/mol. The monoisotopic (exact) mass is 223 g/mol. The van der Waals surface area contributed by atoms with Crippen LogP contribution in [0.3, 0.4) is 0 Å². The molecule has 11 heavy (non-hydrogen) atoms. The van der Waals surface area contributed by atoms with Gasteiger partial charge in [0.15, 0.2) is 19.3 Å². The van der Waals surface area contributed by atoms with Crippen LogP contribution < -0.4 is 17.0 Å². The minimum absolute atomic E-state index is 0. The molecule has 3 nitrogen and oxygen atoms in total. The van der Waals surface area contributed by atoms with Crippen LogP contribution in [-0.2, 0) is 9.47 Å². The van der Waals surface area contributed by atoms with E-state index in [0.717, 1.165) is 26.3 Å². The Morgan fingerprint density at radius 3 is 2.64 bits per heavy atom. The van der Waals surface area contributed by atoms with Crippen LogP contribution in [0, 0.1) is 0 Å². The van der Waals surface area contributed by atoms with Gasteiger partial charge in [-0.05, 0) is 0 Å². The first-order chi connectivity index (χ1) is 4.93. The topological polar surface area (TPSA) is 21.5 Å². The van der Waals surface area contributed by atoms with Gasteiger partial charge in [-0.1, -0.05) is 0 Å². The number of halogens is 1. The van der Waals surface area contributed by atoms with E-state index in [1.807, 2.05) is 0 Å². The van der Waals surface area contributed by atoms with Crippen LogP contribution in [0.5, 0.6) is 0 Å². The predicted octanol–water partition coefficient (Wildman–Crippen LogP) is -3.25. The third-order valence-corrected chi connectivity index (χ3v) is 1.55. The summed E-state index contributed by atoms with van der Waals surface area (Å²) in [7, 11) is 1.71. The molecule has 0 atom stereocenters. The smallest absolute Gasteiger partial charge is 0.165 e. The summed E-state index contributed by atoms with van der Waals surface area (Å²) in [5.74, 6) is 0. The van der Waals surface area contributed by atoms with Crippen molar-refractivity contribution >= 4 is 6.21 Å². The molecule has 0 bridgehead atoms. The molecule has 0 aromatic heterocycles. The maximum atomic E-state index is 5.18. The number of nitrogens with zero attached hydrogens (tertiary/aromatic N) is 1. The fraction of sp³-hybridized carbons (Fsp3) is 0.857. The van der Waals surface area contributed by atoms with Crippen LogP contribution in [-0.4, -0.2) is 50.8 Å². The fourth-order valence-corrected chi connectivity index (χ4v) is 0.940. The molecule has 0 unspecified atom stereocenters. The summed E-state index contributed by atoms with van der Waals surface area (Å²) in [4.78, 5) is 0. The van der Waals surface area contributed by atoms with Gasteiger partial charge in [-0.2, -0.15) is 0 Å². The zero-order valence-electron chi connectivity index (χ0n) is 6.75. The summed E-state index contributed by atoms with van der Waals surface area (Å²) in [5, 5.41) is 0. The normalized spacial score (nSPS) is 17.4. The van der Waals surface area contributed by atoms with E-state index in [1.165, 1.54) is 0 Å². The van der Waals surface area contributed by atoms with Crippen LogP contribution in [0.15, 0.2) is 0 Å². The fourth-order valence-electron chi connectivity index (χ4n) is 0.940. The summed E-state index contributed by atoms with van der Waals surface area (Å²) in [6, 6.07) is 0. The van der Waals surface area contributed by atoms with Crippen LogP contribution in [0.4, 0.5) is 0 Å². The van der Waals surface area contributed by atoms with Crippen LogP contribution in [0.25, 0.3) is 0 Å². The number of hydrogen-bond donors (Lipinski definition) is 0. The molecule has 1 rings (SSSR count). The third-order valence-electron chi connectivity index (χ3n) is 1.55. The van der Waals surface area contributed by atoms with E-state index in [9.17, 15) is 0 Å². The Balaban J connectivity index is 0.000001000. The molecule has 66 valence electrons. The second-order valence-electron chi connectivity index (χ2n) is 2.29. The molecule has 0 aromatic rings. The van der Waals surface area contributed by atoms with Gasteiger partial charge in [0, 0.05) is 7.11 Å². The summed E-state index contributed by atoms with van der Waals surface area (Å²) in [6.45, 7) is 4.41. The van der Waals surface area contributed by atoms with Crippen molar-refractivity contribution < 1.29 is 31.0 Å². The van der Waals surface area contributed by atoms with Crippen molar-refractivity contribution in [3.05, 3.63) is 0 Å². The third kappa shape index (κ3) is 4.50. The van der Waals surface area contributed by atoms with Crippen molar-refractivity contribution in [1.29, 1.82) is 0 Å². The maximum Gasteiger partial charge on any atom is 0.165 e. The van der Waals surface area contributed by atoms with E-state index < -0.39 is 0 Å². The lowest BCUT2D eigenvalue weighted by atomic mass is 10.5. The van der Waals surface area contributed by atoms with E-state index in [-0.39, 0.29) is 17.0 Å². The lowest BCUT2D eigenvalue weighted by Gasteiger charge is -2.09. The minimum Gasteiger partial charge on any atom is -1.00 e. The van der Waals surface area contributed by atoms with Crippen LogP contribution in [0.1, 0.15) is 0 Å². The molecule has 0 spiro atoms. The molecular formula is C7H14BrNO2. The summed E-state index contributed by atoms with van der Waals surface area (Å²) in [5.41, 5.74) is 0. The summed E-state index contributed by atoms with van der Waals surface area (Å²) >= 11 is 0. The highest BCUT2D eigenvalue weighted by atomic mass is 79.9. The molecule has 0 amide bonds. The quantitative estimate of drug-likeness (QED) is 0.459. The Morgan fingerprint density at radius 1 is 1.45 bits per heavy atom. The molecule has 0 N–H and O–H groups in total. The minimum atomic E-state index is 0. The molecule has 1 saturated heterocycles. The van der Waals surface area contributed by atoms with Gasteiger partial charge >= 0.3 is 0 Å². The average molecular weight is 224 g/mol. The van der Waals surface area contributed by atoms with Gasteiger partial charge in [-0.25, -0.2) is 4.58 Å². The van der Waals surface area contributed by atoms with Crippen molar-refractivity contribution in [3.63, 3.8) is 0 Å². The highest BCUT2D eigenvalue weighted by molar-refractivity contribution is 5.52. The number of morpholine rings is 1. The summed E-state index contributed by atoms with van der Waals surface area (Å²) < 4.78 is 12.3. The standard InChI is InChI=1S/C7H14NO2.BrH/c1-9-5-2-8-3-6-10-7-4-8;/h2H,3-7H2,1H3;1H/q+1;/p-1. The highest BCUT2D eigenvalue weighted by Gasteiger charge is 2.08. The Morgan fingerprint density at radius 2 is 2.09 bits per heavy atom. The molecule has 1 aliphatic heterocycles. The molecule has 4 heteroatoms. The Kier molecular flexibility index (Phi) is 6.80. The van der Waals surface area contributed by atoms with Crippen molar-refractivity contribution in [1.82, 2.24) is 0 Å². The van der Waals surface area contributed by atoms with Gasteiger partial charge in [0.05, 0.1) is 0 Å². The van der Waals surface area contributed by atoms with Gasteiger partial charge < -0.3 is 26.5 Å². The second kappa shape index (κ2) is 6.76. The Hall–Kier alpha value is 0.0700. The van der Waals surface area contributed by atoms with E-state index in [1.54, 1.807) is 7.11 Å². The van der Waals surface area contributed by atoms with Crippen molar-refractivity contribution in [3.8, 4) is 0 Å². The first-order valence-corrected chi connectivity index (χ1v) is 3.57. The van der Waals surface area contributed by atoms with Gasteiger partial charge in [0.25, 0.3) is 0 Å². The number of hydrogen-bond acceptors (Lipinski definition) is 2. The zero-order valence-corrected chi connectivity index (χ0v) is 8.34. The van der Waals surface area contributed by atoms with E-state index in [4.69, 9.17) is 9.47 Å². The molecule has 0 aliphatic carbocycles. The van der Waals surface area contributed by atoms with Crippen LogP contribution >= 0.6 is 0 Å². The molecule has 0 radical (unpaired) electrons. The zero-order chi connectivity index (χ0) is 7.23. The SMILES string of the molecule is COCC=[N+]1CCOCC1.[Br-]. The average Bonchev–Trinajstić information content (AvgIpc) is 2.03. The summed E-state index contributed by atoms with van der Waals surface area (Å²) in [6.07, 6.45) is 2.07. The first-order valence-electron chi connectivity index (χ1n) is 3.57. The lowest BCUT2D eigenvalue weighted by molar-refractivity contribution is -0.546. The first kappa shape index (κ1) is 11.1.